The summed E-state index contributed by atoms with van der Waals surface area (Å²) < 4.78 is 28.1. The van der Waals surface area contributed by atoms with E-state index in [0.29, 0.717) is 19.4 Å². The molecule has 0 aromatic carbocycles. The van der Waals surface area contributed by atoms with E-state index in [4.69, 9.17) is 10.3 Å². The summed E-state index contributed by atoms with van der Waals surface area (Å²) in [6, 6.07) is 0. The van der Waals surface area contributed by atoms with Gasteiger partial charge in [-0.3, -0.25) is 0 Å². The standard InChI is InChI=1S/C11H18N2O3S/c1-8-10(2-5-12)11(16-13-8)9-3-6-17(14,15)7-4-9/h9H,2-7,12H2,1H3. The van der Waals surface area contributed by atoms with Crippen LogP contribution < -0.4 is 5.73 Å². The number of nitrogens with zero attached hydrogens (tertiary/aromatic N) is 1. The van der Waals surface area contributed by atoms with Crippen LogP contribution in [-0.4, -0.2) is 31.6 Å². The van der Waals surface area contributed by atoms with Crippen LogP contribution in [0, 0.1) is 6.92 Å². The number of rotatable bonds is 3. The Morgan fingerprint density at radius 3 is 2.65 bits per heavy atom. The van der Waals surface area contributed by atoms with Crippen molar-refractivity contribution in [3.05, 3.63) is 17.0 Å². The van der Waals surface area contributed by atoms with Crippen LogP contribution in [0.2, 0.25) is 0 Å². The molecule has 1 saturated heterocycles. The lowest BCUT2D eigenvalue weighted by atomic mass is 9.94. The van der Waals surface area contributed by atoms with E-state index < -0.39 is 9.84 Å². The third-order valence-electron chi connectivity index (χ3n) is 3.33. The minimum atomic E-state index is -2.83. The van der Waals surface area contributed by atoms with Crippen molar-refractivity contribution < 1.29 is 12.9 Å². The highest BCUT2D eigenvalue weighted by Gasteiger charge is 2.29. The van der Waals surface area contributed by atoms with Crippen LogP contribution in [0.1, 0.15) is 35.8 Å². The van der Waals surface area contributed by atoms with Crippen molar-refractivity contribution in [3.63, 3.8) is 0 Å². The summed E-state index contributed by atoms with van der Waals surface area (Å²) in [7, 11) is -2.83. The fourth-order valence-corrected chi connectivity index (χ4v) is 3.82. The average Bonchev–Trinajstić information content (AvgIpc) is 2.62. The lowest BCUT2D eigenvalue weighted by Crippen LogP contribution is -2.22. The zero-order chi connectivity index (χ0) is 12.5. The molecule has 5 nitrogen and oxygen atoms in total. The molecule has 0 bridgehead atoms. The summed E-state index contributed by atoms with van der Waals surface area (Å²) in [4.78, 5) is 0. The van der Waals surface area contributed by atoms with Crippen molar-refractivity contribution in [1.29, 1.82) is 0 Å². The first-order chi connectivity index (χ1) is 8.03. The van der Waals surface area contributed by atoms with Crippen LogP contribution in [0.25, 0.3) is 0 Å². The molecule has 0 saturated carbocycles. The number of hydrogen-bond donors (Lipinski definition) is 1. The number of hydrogen-bond acceptors (Lipinski definition) is 5. The van der Waals surface area contributed by atoms with Crippen LogP contribution in [0.15, 0.2) is 4.52 Å². The van der Waals surface area contributed by atoms with Crippen LogP contribution >= 0.6 is 0 Å². The van der Waals surface area contributed by atoms with Gasteiger partial charge in [-0.25, -0.2) is 8.42 Å². The minimum Gasteiger partial charge on any atom is -0.361 e. The molecule has 2 N–H and O–H groups in total. The Hall–Kier alpha value is -0.880. The minimum absolute atomic E-state index is 0.182. The highest BCUT2D eigenvalue weighted by atomic mass is 32.2. The summed E-state index contributed by atoms with van der Waals surface area (Å²) in [6.45, 7) is 2.46. The highest BCUT2D eigenvalue weighted by Crippen LogP contribution is 2.32. The van der Waals surface area contributed by atoms with Gasteiger partial charge < -0.3 is 10.3 Å². The molecule has 0 radical (unpaired) electrons. The maximum absolute atomic E-state index is 11.4. The van der Waals surface area contributed by atoms with Gasteiger partial charge >= 0.3 is 0 Å². The molecule has 0 spiro atoms. The number of aryl methyl sites for hydroxylation is 1. The van der Waals surface area contributed by atoms with Gasteiger partial charge in [0.15, 0.2) is 0 Å². The van der Waals surface area contributed by atoms with Crippen molar-refractivity contribution in [2.75, 3.05) is 18.1 Å². The first-order valence-electron chi connectivity index (χ1n) is 5.89. The fraction of sp³-hybridized carbons (Fsp3) is 0.727. The van der Waals surface area contributed by atoms with Crippen molar-refractivity contribution in [1.82, 2.24) is 5.16 Å². The molecule has 0 atom stereocenters. The largest absolute Gasteiger partial charge is 0.361 e. The molecule has 2 rings (SSSR count). The van der Waals surface area contributed by atoms with Crippen LogP contribution in [0.5, 0.6) is 0 Å². The summed E-state index contributed by atoms with van der Waals surface area (Å²) in [5.41, 5.74) is 7.51. The SMILES string of the molecule is Cc1noc(C2CCS(=O)(=O)CC2)c1CCN. The van der Waals surface area contributed by atoms with Gasteiger partial charge in [0.1, 0.15) is 15.6 Å². The van der Waals surface area contributed by atoms with Gasteiger partial charge in [-0.05, 0) is 32.7 Å². The van der Waals surface area contributed by atoms with Gasteiger partial charge in [0.25, 0.3) is 0 Å². The summed E-state index contributed by atoms with van der Waals surface area (Å²) in [5.74, 6) is 1.53. The fourth-order valence-electron chi connectivity index (χ4n) is 2.33. The Morgan fingerprint density at radius 2 is 2.06 bits per heavy atom. The lowest BCUT2D eigenvalue weighted by molar-refractivity contribution is 0.346. The Labute approximate surface area is 101 Å². The first kappa shape index (κ1) is 12.6. The van der Waals surface area contributed by atoms with Crippen molar-refractivity contribution >= 4 is 9.84 Å². The number of nitrogens with two attached hydrogens (primary N) is 1. The molecular weight excluding hydrogens is 240 g/mol. The van der Waals surface area contributed by atoms with E-state index in [0.717, 1.165) is 23.4 Å². The van der Waals surface area contributed by atoms with E-state index in [1.165, 1.54) is 0 Å². The number of sulfone groups is 1. The topological polar surface area (TPSA) is 86.2 Å². The van der Waals surface area contributed by atoms with Gasteiger partial charge in [0, 0.05) is 11.5 Å². The second kappa shape index (κ2) is 4.78. The molecule has 1 aliphatic rings. The molecule has 1 aromatic rings. The van der Waals surface area contributed by atoms with E-state index in [1.54, 1.807) is 0 Å². The first-order valence-corrected chi connectivity index (χ1v) is 7.71. The van der Waals surface area contributed by atoms with Crippen LogP contribution in [0.4, 0.5) is 0 Å². The second-order valence-electron chi connectivity index (χ2n) is 4.58. The molecule has 0 amide bonds. The van der Waals surface area contributed by atoms with Gasteiger partial charge in [-0.1, -0.05) is 5.16 Å². The van der Waals surface area contributed by atoms with Crippen LogP contribution in [0.3, 0.4) is 0 Å². The predicted molar refractivity (Wildman–Crippen MR) is 64.6 cm³/mol. The Morgan fingerprint density at radius 1 is 1.41 bits per heavy atom. The maximum Gasteiger partial charge on any atom is 0.150 e. The summed E-state index contributed by atoms with van der Waals surface area (Å²) in [5, 5.41) is 3.97. The quantitative estimate of drug-likeness (QED) is 0.865. The number of aromatic nitrogens is 1. The van der Waals surface area contributed by atoms with Gasteiger partial charge in [0.2, 0.25) is 0 Å². The van der Waals surface area contributed by atoms with Crippen molar-refractivity contribution in [2.45, 2.75) is 32.1 Å². The highest BCUT2D eigenvalue weighted by molar-refractivity contribution is 7.91. The summed E-state index contributed by atoms with van der Waals surface area (Å²) in [6.07, 6.45) is 2.01. The molecule has 0 unspecified atom stereocenters. The molecule has 1 aliphatic heterocycles. The van der Waals surface area contributed by atoms with E-state index >= 15 is 0 Å². The van der Waals surface area contributed by atoms with Gasteiger partial charge in [-0.2, -0.15) is 0 Å². The molecule has 0 aliphatic carbocycles. The monoisotopic (exact) mass is 258 g/mol. The third kappa shape index (κ3) is 2.69. The van der Waals surface area contributed by atoms with Crippen molar-refractivity contribution in [3.8, 4) is 0 Å². The van der Waals surface area contributed by atoms with Gasteiger partial charge in [0.05, 0.1) is 17.2 Å². The molecular formula is C11H18N2O3S. The molecule has 96 valence electrons. The summed E-state index contributed by atoms with van der Waals surface area (Å²) >= 11 is 0. The average molecular weight is 258 g/mol. The molecule has 17 heavy (non-hydrogen) atoms. The van der Waals surface area contributed by atoms with Crippen LogP contribution in [-0.2, 0) is 16.3 Å². The Bertz CT molecular complexity index is 479. The van der Waals surface area contributed by atoms with E-state index in [-0.39, 0.29) is 17.4 Å². The normalized spacial score (nSPS) is 20.6. The Balaban J connectivity index is 2.18. The molecule has 2 heterocycles. The van der Waals surface area contributed by atoms with E-state index in [9.17, 15) is 8.42 Å². The van der Waals surface area contributed by atoms with E-state index in [1.807, 2.05) is 6.92 Å². The van der Waals surface area contributed by atoms with Crippen molar-refractivity contribution in [2.24, 2.45) is 5.73 Å². The van der Waals surface area contributed by atoms with Gasteiger partial charge in [-0.15, -0.1) is 0 Å². The third-order valence-corrected chi connectivity index (χ3v) is 5.05. The lowest BCUT2D eigenvalue weighted by Gasteiger charge is -2.20. The maximum atomic E-state index is 11.4. The Kier molecular flexibility index (Phi) is 3.53. The zero-order valence-electron chi connectivity index (χ0n) is 9.98. The smallest absolute Gasteiger partial charge is 0.150 e. The second-order valence-corrected chi connectivity index (χ2v) is 6.88. The molecule has 1 aromatic heterocycles. The van der Waals surface area contributed by atoms with E-state index in [2.05, 4.69) is 5.16 Å². The zero-order valence-corrected chi connectivity index (χ0v) is 10.8. The predicted octanol–water partition coefficient (Wildman–Crippen LogP) is 0.776. The molecule has 1 fully saturated rings. The molecule has 6 heteroatoms.